The molecule has 2 aliphatic rings. The van der Waals surface area contributed by atoms with Crippen molar-refractivity contribution in [3.8, 4) is 0 Å². The summed E-state index contributed by atoms with van der Waals surface area (Å²) in [7, 11) is 0. The van der Waals surface area contributed by atoms with Crippen LogP contribution in [0.4, 0.5) is 0 Å². The molecule has 1 saturated heterocycles. The van der Waals surface area contributed by atoms with E-state index < -0.39 is 0 Å². The Kier molecular flexibility index (Phi) is 3.64. The van der Waals surface area contributed by atoms with Crippen molar-refractivity contribution in [2.45, 2.75) is 30.3 Å². The number of likely N-dealkylation sites (tertiary alicyclic amines) is 1. The van der Waals surface area contributed by atoms with Crippen LogP contribution in [-0.4, -0.2) is 41.5 Å². The van der Waals surface area contributed by atoms with Crippen LogP contribution in [0.15, 0.2) is 29.2 Å². The molecule has 0 aliphatic carbocycles. The van der Waals surface area contributed by atoms with Gasteiger partial charge in [0.05, 0.1) is 6.10 Å². The predicted molar refractivity (Wildman–Crippen MR) is 76.1 cm³/mol. The van der Waals surface area contributed by atoms with Crippen LogP contribution >= 0.6 is 11.8 Å². The Morgan fingerprint density at radius 3 is 3.06 bits per heavy atom. The minimum atomic E-state index is -0.153. The molecule has 3 unspecified atom stereocenters. The van der Waals surface area contributed by atoms with Gasteiger partial charge in [-0.1, -0.05) is 18.2 Å². The smallest absolute Gasteiger partial charge is 0.0552 e. The summed E-state index contributed by atoms with van der Waals surface area (Å²) in [6.45, 7) is 5.31. The number of rotatable bonds is 3. The first-order valence-corrected chi connectivity index (χ1v) is 7.84. The Balaban J connectivity index is 1.62. The van der Waals surface area contributed by atoms with Crippen LogP contribution in [-0.2, 0) is 0 Å². The normalized spacial score (nSPS) is 29.4. The van der Waals surface area contributed by atoms with E-state index in [-0.39, 0.29) is 6.10 Å². The van der Waals surface area contributed by atoms with Crippen LogP contribution in [0.2, 0.25) is 0 Å². The van der Waals surface area contributed by atoms with Crippen molar-refractivity contribution in [3.05, 3.63) is 29.8 Å². The Morgan fingerprint density at radius 2 is 2.28 bits per heavy atom. The van der Waals surface area contributed by atoms with E-state index in [2.05, 4.69) is 29.2 Å². The summed E-state index contributed by atoms with van der Waals surface area (Å²) >= 11 is 1.99. The number of thioether (sulfide) groups is 1. The third-order valence-electron chi connectivity index (χ3n) is 4.27. The molecule has 0 aromatic heterocycles. The van der Waals surface area contributed by atoms with Gasteiger partial charge >= 0.3 is 0 Å². The molecule has 1 aromatic rings. The van der Waals surface area contributed by atoms with Crippen LogP contribution < -0.4 is 0 Å². The molecular formula is C15H21NOS. The van der Waals surface area contributed by atoms with Gasteiger partial charge in [0, 0.05) is 29.7 Å². The largest absolute Gasteiger partial charge is 0.393 e. The number of fused-ring (bicyclic) bond motifs is 1. The fourth-order valence-corrected chi connectivity index (χ4v) is 4.36. The molecule has 0 bridgehead atoms. The Morgan fingerprint density at radius 1 is 1.44 bits per heavy atom. The number of aliphatic hydroxyl groups is 1. The van der Waals surface area contributed by atoms with Crippen LogP contribution in [0.5, 0.6) is 0 Å². The van der Waals surface area contributed by atoms with E-state index in [0.29, 0.717) is 11.8 Å². The van der Waals surface area contributed by atoms with Crippen molar-refractivity contribution >= 4 is 11.8 Å². The zero-order chi connectivity index (χ0) is 12.5. The Bertz CT molecular complexity index is 421. The van der Waals surface area contributed by atoms with Crippen molar-refractivity contribution in [3.63, 3.8) is 0 Å². The second-order valence-electron chi connectivity index (χ2n) is 5.59. The van der Waals surface area contributed by atoms with Gasteiger partial charge in [0.1, 0.15) is 0 Å². The van der Waals surface area contributed by atoms with E-state index in [4.69, 9.17) is 0 Å². The van der Waals surface area contributed by atoms with Gasteiger partial charge in [-0.15, -0.1) is 11.8 Å². The average molecular weight is 263 g/mol. The lowest BCUT2D eigenvalue weighted by Gasteiger charge is -2.21. The van der Waals surface area contributed by atoms with Gasteiger partial charge in [0.25, 0.3) is 0 Å². The standard InChI is InChI=1S/C15H21NOS/c1-11(17)12-6-7-16(8-12)9-13-10-18-15-5-3-2-4-14(13)15/h2-5,11-13,17H,6-10H2,1H3. The summed E-state index contributed by atoms with van der Waals surface area (Å²) in [5.41, 5.74) is 1.53. The number of hydrogen-bond donors (Lipinski definition) is 1. The average Bonchev–Trinajstić information content (AvgIpc) is 2.98. The first-order valence-electron chi connectivity index (χ1n) is 6.86. The summed E-state index contributed by atoms with van der Waals surface area (Å²) in [5.74, 6) is 2.38. The van der Waals surface area contributed by atoms with Crippen LogP contribution in [0.3, 0.4) is 0 Å². The zero-order valence-corrected chi connectivity index (χ0v) is 11.7. The maximum Gasteiger partial charge on any atom is 0.0552 e. The third-order valence-corrected chi connectivity index (χ3v) is 5.52. The minimum Gasteiger partial charge on any atom is -0.393 e. The number of benzene rings is 1. The first-order chi connectivity index (χ1) is 8.74. The second kappa shape index (κ2) is 5.24. The molecule has 2 nitrogen and oxygen atoms in total. The molecule has 0 amide bonds. The molecular weight excluding hydrogens is 242 g/mol. The molecule has 0 spiro atoms. The number of aliphatic hydroxyl groups excluding tert-OH is 1. The lowest BCUT2D eigenvalue weighted by atomic mass is 10.0. The van der Waals surface area contributed by atoms with Crippen LogP contribution in [0, 0.1) is 5.92 Å². The Labute approximate surface area is 113 Å². The third kappa shape index (κ3) is 2.44. The summed E-state index contributed by atoms with van der Waals surface area (Å²) < 4.78 is 0. The number of hydrogen-bond acceptors (Lipinski definition) is 3. The molecule has 3 atom stereocenters. The SMILES string of the molecule is CC(O)C1CCN(CC2CSc3ccccc32)C1. The molecule has 1 aromatic carbocycles. The molecule has 1 N–H and O–H groups in total. The molecule has 98 valence electrons. The summed E-state index contributed by atoms with van der Waals surface area (Å²) in [4.78, 5) is 4.00. The van der Waals surface area contributed by atoms with E-state index in [1.54, 1.807) is 0 Å². The van der Waals surface area contributed by atoms with Gasteiger partial charge in [0.15, 0.2) is 0 Å². The topological polar surface area (TPSA) is 23.5 Å². The van der Waals surface area contributed by atoms with E-state index in [1.807, 2.05) is 18.7 Å². The van der Waals surface area contributed by atoms with Crippen molar-refractivity contribution < 1.29 is 5.11 Å². The lowest BCUT2D eigenvalue weighted by molar-refractivity contribution is 0.127. The Hall–Kier alpha value is -0.510. The molecule has 0 radical (unpaired) electrons. The van der Waals surface area contributed by atoms with Gasteiger partial charge in [0.2, 0.25) is 0 Å². The van der Waals surface area contributed by atoms with Crippen molar-refractivity contribution in [1.29, 1.82) is 0 Å². The number of nitrogens with zero attached hydrogens (tertiary/aromatic N) is 1. The monoisotopic (exact) mass is 263 g/mol. The van der Waals surface area contributed by atoms with Gasteiger partial charge in [-0.25, -0.2) is 0 Å². The molecule has 2 aliphatic heterocycles. The molecule has 1 fully saturated rings. The summed E-state index contributed by atoms with van der Waals surface area (Å²) in [6.07, 6.45) is 0.999. The highest BCUT2D eigenvalue weighted by atomic mass is 32.2. The highest BCUT2D eigenvalue weighted by Gasteiger charge is 2.30. The van der Waals surface area contributed by atoms with Gasteiger partial charge < -0.3 is 10.0 Å². The van der Waals surface area contributed by atoms with Gasteiger partial charge in [-0.3, -0.25) is 0 Å². The highest BCUT2D eigenvalue weighted by Crippen LogP contribution is 2.40. The van der Waals surface area contributed by atoms with E-state index in [9.17, 15) is 5.11 Å². The highest BCUT2D eigenvalue weighted by molar-refractivity contribution is 7.99. The van der Waals surface area contributed by atoms with Crippen molar-refractivity contribution in [2.75, 3.05) is 25.4 Å². The van der Waals surface area contributed by atoms with E-state index in [0.717, 1.165) is 26.1 Å². The maximum atomic E-state index is 9.66. The maximum absolute atomic E-state index is 9.66. The van der Waals surface area contributed by atoms with E-state index >= 15 is 0 Å². The van der Waals surface area contributed by atoms with Gasteiger partial charge in [-0.05, 0) is 37.4 Å². The molecule has 3 rings (SSSR count). The molecule has 2 heterocycles. The predicted octanol–water partition coefficient (Wildman–Crippen LogP) is 2.58. The second-order valence-corrected chi connectivity index (χ2v) is 6.66. The molecule has 3 heteroatoms. The fourth-order valence-electron chi connectivity index (χ4n) is 3.11. The van der Waals surface area contributed by atoms with E-state index in [1.165, 1.54) is 16.2 Å². The summed E-state index contributed by atoms with van der Waals surface area (Å²) in [5, 5.41) is 9.66. The summed E-state index contributed by atoms with van der Waals surface area (Å²) in [6, 6.07) is 8.80. The first kappa shape index (κ1) is 12.5. The van der Waals surface area contributed by atoms with Gasteiger partial charge in [-0.2, -0.15) is 0 Å². The molecule has 0 saturated carbocycles. The zero-order valence-electron chi connectivity index (χ0n) is 10.9. The van der Waals surface area contributed by atoms with Crippen molar-refractivity contribution in [2.24, 2.45) is 5.92 Å². The fraction of sp³-hybridized carbons (Fsp3) is 0.600. The van der Waals surface area contributed by atoms with Crippen LogP contribution in [0.1, 0.15) is 24.8 Å². The molecule has 18 heavy (non-hydrogen) atoms. The van der Waals surface area contributed by atoms with Crippen molar-refractivity contribution in [1.82, 2.24) is 4.90 Å². The quantitative estimate of drug-likeness (QED) is 0.906. The minimum absolute atomic E-state index is 0.153. The lowest BCUT2D eigenvalue weighted by Crippen LogP contribution is -2.28. The van der Waals surface area contributed by atoms with Crippen LogP contribution in [0.25, 0.3) is 0 Å².